The van der Waals surface area contributed by atoms with Crippen LogP contribution < -0.4 is 10.6 Å². The molecule has 2 bridgehead atoms. The van der Waals surface area contributed by atoms with Crippen molar-refractivity contribution in [2.45, 2.75) is 63.3 Å². The molecule has 4 fully saturated rings. The summed E-state index contributed by atoms with van der Waals surface area (Å²) < 4.78 is 0. The first-order valence-corrected chi connectivity index (χ1v) is 8.85. The first kappa shape index (κ1) is 13.0. The van der Waals surface area contributed by atoms with E-state index < -0.39 is 0 Å². The predicted molar refractivity (Wildman–Crippen MR) is 87.6 cm³/mol. The second-order valence-electron chi connectivity index (χ2n) is 8.11. The lowest BCUT2D eigenvalue weighted by Crippen LogP contribution is -2.72. The van der Waals surface area contributed by atoms with E-state index in [-0.39, 0.29) is 5.54 Å². The number of hydrogen-bond donors (Lipinski definition) is 1. The lowest BCUT2D eigenvalue weighted by atomic mass is 9.37. The molecule has 1 heterocycles. The van der Waals surface area contributed by atoms with Crippen LogP contribution >= 0.6 is 0 Å². The Morgan fingerprint density at radius 2 is 1.82 bits per heavy atom. The van der Waals surface area contributed by atoms with Crippen LogP contribution in [0.15, 0.2) is 18.2 Å². The summed E-state index contributed by atoms with van der Waals surface area (Å²) in [6, 6.07) is 6.15. The SMILES string of the molecule is Nc1ccc2c(c1)CCC(=O)N2C1(C23CC(C2)C3)CCCC1. The highest BCUT2D eigenvalue weighted by atomic mass is 16.2. The summed E-state index contributed by atoms with van der Waals surface area (Å²) in [6.45, 7) is 0. The molecule has 0 atom stereocenters. The Balaban J connectivity index is 1.65. The minimum Gasteiger partial charge on any atom is -0.399 e. The molecule has 3 heteroatoms. The number of benzene rings is 1. The van der Waals surface area contributed by atoms with Crippen molar-refractivity contribution in [3.05, 3.63) is 23.8 Å². The van der Waals surface area contributed by atoms with E-state index >= 15 is 0 Å². The molecule has 0 radical (unpaired) electrons. The summed E-state index contributed by atoms with van der Waals surface area (Å²) in [5.74, 6) is 1.31. The highest BCUT2D eigenvalue weighted by molar-refractivity contribution is 5.98. The third-order valence-electron chi connectivity index (χ3n) is 7.09. The van der Waals surface area contributed by atoms with E-state index in [1.165, 1.54) is 50.5 Å². The van der Waals surface area contributed by atoms with Crippen LogP contribution in [0, 0.1) is 11.3 Å². The molecule has 3 nitrogen and oxygen atoms in total. The first-order valence-electron chi connectivity index (χ1n) is 8.85. The minimum absolute atomic E-state index is 0.115. The van der Waals surface area contributed by atoms with Crippen molar-refractivity contribution in [3.8, 4) is 0 Å². The van der Waals surface area contributed by atoms with Crippen molar-refractivity contribution in [2.75, 3.05) is 10.6 Å². The molecule has 0 spiro atoms. The van der Waals surface area contributed by atoms with E-state index in [1.807, 2.05) is 6.07 Å². The Morgan fingerprint density at radius 1 is 1.09 bits per heavy atom. The van der Waals surface area contributed by atoms with Gasteiger partial charge in [-0.1, -0.05) is 12.8 Å². The van der Waals surface area contributed by atoms with Gasteiger partial charge in [-0.05, 0) is 73.6 Å². The number of nitrogen functional groups attached to an aromatic ring is 1. The Morgan fingerprint density at radius 3 is 2.45 bits per heavy atom. The van der Waals surface area contributed by atoms with Crippen molar-refractivity contribution < 1.29 is 4.79 Å². The second kappa shape index (κ2) is 4.06. The summed E-state index contributed by atoms with van der Waals surface area (Å²) in [5.41, 5.74) is 9.79. The van der Waals surface area contributed by atoms with E-state index in [4.69, 9.17) is 5.73 Å². The van der Waals surface area contributed by atoms with Crippen LogP contribution in [0.3, 0.4) is 0 Å². The molecule has 1 aromatic rings. The van der Waals surface area contributed by atoms with Crippen LogP contribution in [0.25, 0.3) is 0 Å². The number of amides is 1. The lowest BCUT2D eigenvalue weighted by molar-refractivity contribution is -0.167. The van der Waals surface area contributed by atoms with Crippen LogP contribution in [0.5, 0.6) is 0 Å². The van der Waals surface area contributed by atoms with Gasteiger partial charge in [-0.3, -0.25) is 4.79 Å². The number of aryl methyl sites for hydroxylation is 1. The predicted octanol–water partition coefficient (Wildman–Crippen LogP) is 3.66. The number of hydrogen-bond acceptors (Lipinski definition) is 2. The number of carbonyl (C=O) groups excluding carboxylic acids is 1. The average molecular weight is 296 g/mol. The maximum absolute atomic E-state index is 12.9. The van der Waals surface area contributed by atoms with E-state index in [0.717, 1.165) is 23.7 Å². The largest absolute Gasteiger partial charge is 0.399 e. The number of carbonyl (C=O) groups is 1. The summed E-state index contributed by atoms with van der Waals surface area (Å²) in [4.78, 5) is 15.2. The summed E-state index contributed by atoms with van der Waals surface area (Å²) in [5, 5.41) is 0. The number of nitrogens with two attached hydrogens (primary N) is 1. The fourth-order valence-electron chi connectivity index (χ4n) is 5.98. The van der Waals surface area contributed by atoms with Gasteiger partial charge in [-0.25, -0.2) is 0 Å². The molecule has 5 aliphatic rings. The Hall–Kier alpha value is -1.51. The highest BCUT2D eigenvalue weighted by Gasteiger charge is 2.70. The fraction of sp³-hybridized carbons (Fsp3) is 0.632. The standard InChI is InChI=1S/C19H24N2O/c20-15-4-5-16-14(9-15)3-6-17(22)21(16)19(7-1-2-8-19)18-10-13(11-18)12-18/h4-5,9,13H,1-3,6-8,10-12,20H2. The van der Waals surface area contributed by atoms with Gasteiger partial charge >= 0.3 is 0 Å². The second-order valence-corrected chi connectivity index (χ2v) is 8.11. The Kier molecular flexibility index (Phi) is 2.40. The number of fused-ring (bicyclic) bond motifs is 1. The average Bonchev–Trinajstić information content (AvgIpc) is 2.85. The molecule has 4 saturated carbocycles. The molecule has 0 saturated heterocycles. The molecular formula is C19H24N2O. The molecule has 6 rings (SSSR count). The first-order chi connectivity index (χ1) is 10.6. The van der Waals surface area contributed by atoms with E-state index in [2.05, 4.69) is 17.0 Å². The molecule has 4 aliphatic carbocycles. The van der Waals surface area contributed by atoms with Crippen molar-refractivity contribution in [2.24, 2.45) is 11.3 Å². The highest BCUT2D eigenvalue weighted by Crippen LogP contribution is 2.73. The molecule has 116 valence electrons. The summed E-state index contributed by atoms with van der Waals surface area (Å²) >= 11 is 0. The van der Waals surface area contributed by atoms with Crippen LogP contribution in [-0.2, 0) is 11.2 Å². The van der Waals surface area contributed by atoms with Gasteiger partial charge in [0.25, 0.3) is 0 Å². The van der Waals surface area contributed by atoms with Crippen LogP contribution in [-0.4, -0.2) is 11.4 Å². The van der Waals surface area contributed by atoms with Crippen molar-refractivity contribution in [1.82, 2.24) is 0 Å². The molecular weight excluding hydrogens is 272 g/mol. The molecule has 22 heavy (non-hydrogen) atoms. The van der Waals surface area contributed by atoms with Crippen LogP contribution in [0.2, 0.25) is 0 Å². The van der Waals surface area contributed by atoms with Gasteiger partial charge in [0.15, 0.2) is 0 Å². The van der Waals surface area contributed by atoms with Crippen molar-refractivity contribution in [1.29, 1.82) is 0 Å². The molecule has 0 aromatic heterocycles. The van der Waals surface area contributed by atoms with Crippen molar-refractivity contribution in [3.63, 3.8) is 0 Å². The van der Waals surface area contributed by atoms with E-state index in [9.17, 15) is 4.79 Å². The monoisotopic (exact) mass is 296 g/mol. The molecule has 2 N–H and O–H groups in total. The van der Waals surface area contributed by atoms with Gasteiger partial charge < -0.3 is 10.6 Å². The third-order valence-corrected chi connectivity index (χ3v) is 7.09. The lowest BCUT2D eigenvalue weighted by Gasteiger charge is -2.72. The molecule has 1 amide bonds. The van der Waals surface area contributed by atoms with Gasteiger partial charge in [0, 0.05) is 17.8 Å². The number of nitrogens with zero attached hydrogens (tertiary/aromatic N) is 1. The van der Waals surface area contributed by atoms with Crippen molar-refractivity contribution >= 4 is 17.3 Å². The van der Waals surface area contributed by atoms with Gasteiger partial charge in [0.1, 0.15) is 0 Å². The Labute approximate surface area is 131 Å². The smallest absolute Gasteiger partial charge is 0.227 e. The third kappa shape index (κ3) is 1.40. The van der Waals surface area contributed by atoms with Crippen LogP contribution in [0.4, 0.5) is 11.4 Å². The molecule has 0 unspecified atom stereocenters. The zero-order valence-electron chi connectivity index (χ0n) is 13.1. The summed E-state index contributed by atoms with van der Waals surface area (Å²) in [7, 11) is 0. The van der Waals surface area contributed by atoms with Gasteiger partial charge in [0.2, 0.25) is 5.91 Å². The van der Waals surface area contributed by atoms with E-state index in [0.29, 0.717) is 17.7 Å². The quantitative estimate of drug-likeness (QED) is 0.847. The normalized spacial score (nSPS) is 34.8. The Bertz CT molecular complexity index is 642. The van der Waals surface area contributed by atoms with Gasteiger partial charge in [0.05, 0.1) is 5.54 Å². The zero-order chi connectivity index (χ0) is 14.9. The molecule has 1 aromatic carbocycles. The number of rotatable bonds is 2. The maximum Gasteiger partial charge on any atom is 0.227 e. The summed E-state index contributed by atoms with van der Waals surface area (Å²) in [6.07, 6.45) is 10.5. The minimum atomic E-state index is 0.115. The topological polar surface area (TPSA) is 46.3 Å². The molecule has 1 aliphatic heterocycles. The van der Waals surface area contributed by atoms with E-state index in [1.54, 1.807) is 0 Å². The van der Waals surface area contributed by atoms with Gasteiger partial charge in [-0.2, -0.15) is 0 Å². The zero-order valence-corrected chi connectivity index (χ0v) is 13.1. The van der Waals surface area contributed by atoms with Crippen LogP contribution in [0.1, 0.15) is 56.9 Å². The van der Waals surface area contributed by atoms with Gasteiger partial charge in [-0.15, -0.1) is 0 Å². The number of anilines is 2. The fourth-order valence-corrected chi connectivity index (χ4v) is 5.98. The maximum atomic E-state index is 12.9.